The van der Waals surface area contributed by atoms with Gasteiger partial charge in [0.1, 0.15) is 11.6 Å². The minimum Gasteiger partial charge on any atom is -0.497 e. The molecule has 1 atom stereocenters. The SMILES string of the molecule is COc1cc(NC(C)CCCN(Cc2ccc(F)cc2)C(=O)Nc2ccc(Br)cc2)c2ncccc2c1. The van der Waals surface area contributed by atoms with Crippen LogP contribution in [0.5, 0.6) is 5.75 Å². The molecule has 0 aliphatic heterocycles. The van der Waals surface area contributed by atoms with Gasteiger partial charge >= 0.3 is 6.03 Å². The van der Waals surface area contributed by atoms with Crippen molar-refractivity contribution in [2.24, 2.45) is 0 Å². The number of pyridine rings is 1. The normalized spacial score (nSPS) is 11.7. The summed E-state index contributed by atoms with van der Waals surface area (Å²) < 4.78 is 19.8. The molecule has 4 rings (SSSR count). The molecule has 0 saturated carbocycles. The van der Waals surface area contributed by atoms with E-state index in [1.165, 1.54) is 12.1 Å². The number of anilines is 2. The van der Waals surface area contributed by atoms with Crippen LogP contribution in [0.2, 0.25) is 0 Å². The number of ether oxygens (including phenoxy) is 1. The Morgan fingerprint density at radius 3 is 2.59 bits per heavy atom. The topological polar surface area (TPSA) is 66.5 Å². The number of rotatable bonds is 10. The molecule has 0 fully saturated rings. The molecule has 1 aromatic heterocycles. The van der Waals surface area contributed by atoms with Crippen LogP contribution in [0.25, 0.3) is 10.9 Å². The Balaban J connectivity index is 1.41. The van der Waals surface area contributed by atoms with Gasteiger partial charge in [-0.15, -0.1) is 0 Å². The molecule has 0 bridgehead atoms. The Morgan fingerprint density at radius 1 is 1.11 bits per heavy atom. The van der Waals surface area contributed by atoms with Crippen molar-refractivity contribution in [1.82, 2.24) is 9.88 Å². The summed E-state index contributed by atoms with van der Waals surface area (Å²) in [5.41, 5.74) is 3.39. The molecule has 8 heteroatoms. The third-order valence-corrected chi connectivity index (χ3v) is 6.58. The highest BCUT2D eigenvalue weighted by Gasteiger charge is 2.16. The second-order valence-corrected chi connectivity index (χ2v) is 9.84. The van der Waals surface area contributed by atoms with Gasteiger partial charge in [0, 0.05) is 46.9 Å². The second kappa shape index (κ2) is 12.5. The lowest BCUT2D eigenvalue weighted by molar-refractivity contribution is 0.207. The molecule has 6 nitrogen and oxygen atoms in total. The van der Waals surface area contributed by atoms with E-state index in [0.717, 1.165) is 45.2 Å². The Kier molecular flexibility index (Phi) is 8.95. The van der Waals surface area contributed by atoms with E-state index in [9.17, 15) is 9.18 Å². The number of methoxy groups -OCH3 is 1. The maximum absolute atomic E-state index is 13.4. The average Bonchev–Trinajstić information content (AvgIpc) is 2.90. The van der Waals surface area contributed by atoms with Crippen molar-refractivity contribution in [3.05, 3.63) is 94.8 Å². The molecule has 0 radical (unpaired) electrons. The fourth-order valence-corrected chi connectivity index (χ4v) is 4.38. The van der Waals surface area contributed by atoms with E-state index in [-0.39, 0.29) is 17.9 Å². The number of hydrogen-bond acceptors (Lipinski definition) is 4. The van der Waals surface area contributed by atoms with Crippen LogP contribution in [0.15, 0.2) is 83.5 Å². The van der Waals surface area contributed by atoms with E-state index in [1.54, 1.807) is 30.3 Å². The van der Waals surface area contributed by atoms with Crippen LogP contribution in [0.4, 0.5) is 20.6 Å². The van der Waals surface area contributed by atoms with Crippen LogP contribution < -0.4 is 15.4 Å². The zero-order chi connectivity index (χ0) is 26.2. The van der Waals surface area contributed by atoms with E-state index in [1.807, 2.05) is 48.5 Å². The van der Waals surface area contributed by atoms with Crippen molar-refractivity contribution in [2.45, 2.75) is 32.4 Å². The smallest absolute Gasteiger partial charge is 0.322 e. The number of nitrogens with one attached hydrogen (secondary N) is 2. The minimum absolute atomic E-state index is 0.138. The minimum atomic E-state index is -0.297. The summed E-state index contributed by atoms with van der Waals surface area (Å²) in [6.45, 7) is 3.04. The summed E-state index contributed by atoms with van der Waals surface area (Å²) >= 11 is 3.41. The molecule has 0 spiro atoms. The molecule has 1 unspecified atom stereocenters. The van der Waals surface area contributed by atoms with Crippen LogP contribution in [0.3, 0.4) is 0 Å². The quantitative estimate of drug-likeness (QED) is 0.210. The largest absolute Gasteiger partial charge is 0.497 e. The van der Waals surface area contributed by atoms with E-state index in [0.29, 0.717) is 18.8 Å². The Bertz CT molecular complexity index is 1330. The molecule has 2 amide bonds. The van der Waals surface area contributed by atoms with E-state index >= 15 is 0 Å². The number of urea groups is 1. The molecule has 37 heavy (non-hydrogen) atoms. The number of aromatic nitrogens is 1. The highest BCUT2D eigenvalue weighted by Crippen LogP contribution is 2.28. The Hall–Kier alpha value is -3.65. The van der Waals surface area contributed by atoms with Gasteiger partial charge < -0.3 is 20.3 Å². The fourth-order valence-electron chi connectivity index (χ4n) is 4.12. The van der Waals surface area contributed by atoms with E-state index < -0.39 is 0 Å². The molecule has 2 N–H and O–H groups in total. The van der Waals surface area contributed by atoms with Gasteiger partial charge in [-0.3, -0.25) is 4.98 Å². The van der Waals surface area contributed by atoms with Gasteiger partial charge in [-0.2, -0.15) is 0 Å². The van der Waals surface area contributed by atoms with Crippen molar-refractivity contribution < 1.29 is 13.9 Å². The highest BCUT2D eigenvalue weighted by molar-refractivity contribution is 9.10. The number of hydrogen-bond donors (Lipinski definition) is 2. The number of carbonyl (C=O) groups excluding carboxylic acids is 1. The Morgan fingerprint density at radius 2 is 1.86 bits per heavy atom. The van der Waals surface area contributed by atoms with Gasteiger partial charge in [0.2, 0.25) is 0 Å². The molecular weight excluding hydrogens is 535 g/mol. The van der Waals surface area contributed by atoms with E-state index in [2.05, 4.69) is 38.5 Å². The first-order chi connectivity index (χ1) is 17.9. The first kappa shape index (κ1) is 26.4. The Labute approximate surface area is 225 Å². The van der Waals surface area contributed by atoms with Crippen LogP contribution in [-0.4, -0.2) is 35.6 Å². The van der Waals surface area contributed by atoms with Gasteiger partial charge in [-0.05, 0) is 73.9 Å². The summed E-state index contributed by atoms with van der Waals surface area (Å²) in [6.07, 6.45) is 3.39. The van der Waals surface area contributed by atoms with Gasteiger partial charge in [0.05, 0.1) is 18.3 Å². The van der Waals surface area contributed by atoms with Gasteiger partial charge in [0.25, 0.3) is 0 Å². The van der Waals surface area contributed by atoms with Crippen molar-refractivity contribution in [3.8, 4) is 5.75 Å². The third-order valence-electron chi connectivity index (χ3n) is 6.05. The van der Waals surface area contributed by atoms with Gasteiger partial charge in [0.15, 0.2) is 0 Å². The predicted octanol–water partition coefficient (Wildman–Crippen LogP) is 7.46. The lowest BCUT2D eigenvalue weighted by Crippen LogP contribution is -2.35. The average molecular weight is 565 g/mol. The lowest BCUT2D eigenvalue weighted by atomic mass is 10.1. The monoisotopic (exact) mass is 564 g/mol. The van der Waals surface area contributed by atoms with Crippen LogP contribution >= 0.6 is 15.9 Å². The van der Waals surface area contributed by atoms with Gasteiger partial charge in [-0.25, -0.2) is 9.18 Å². The standard InChI is InChI=1S/C29H30BrFN4O2/c1-20(33-27-18-26(37-2)17-22-6-3-15-32-28(22)27)5-4-16-35(19-21-7-11-24(31)12-8-21)29(36)34-25-13-9-23(30)10-14-25/h3,6-15,17-18,20,33H,4-5,16,19H2,1-2H3,(H,34,36). The van der Waals surface area contributed by atoms with E-state index in [4.69, 9.17) is 4.74 Å². The summed E-state index contributed by atoms with van der Waals surface area (Å²) in [4.78, 5) is 19.4. The summed E-state index contributed by atoms with van der Waals surface area (Å²) in [6, 6.07) is 21.5. The van der Waals surface area contributed by atoms with Crippen LogP contribution in [-0.2, 0) is 6.54 Å². The lowest BCUT2D eigenvalue weighted by Gasteiger charge is -2.24. The number of carbonyl (C=O) groups is 1. The molecule has 192 valence electrons. The number of halogens is 2. The highest BCUT2D eigenvalue weighted by atomic mass is 79.9. The number of fused-ring (bicyclic) bond motifs is 1. The second-order valence-electron chi connectivity index (χ2n) is 8.92. The van der Waals surface area contributed by atoms with Crippen LogP contribution in [0.1, 0.15) is 25.3 Å². The third kappa shape index (κ3) is 7.43. The molecule has 1 heterocycles. The number of nitrogens with zero attached hydrogens (tertiary/aromatic N) is 2. The molecule has 3 aromatic carbocycles. The van der Waals surface area contributed by atoms with Crippen molar-refractivity contribution in [3.63, 3.8) is 0 Å². The predicted molar refractivity (Wildman–Crippen MR) is 151 cm³/mol. The maximum Gasteiger partial charge on any atom is 0.322 e. The molecular formula is C29H30BrFN4O2. The molecule has 0 aliphatic carbocycles. The summed E-state index contributed by atoms with van der Waals surface area (Å²) in [5, 5.41) is 7.53. The summed E-state index contributed by atoms with van der Waals surface area (Å²) in [5.74, 6) is 0.472. The summed E-state index contributed by atoms with van der Waals surface area (Å²) in [7, 11) is 1.65. The molecule has 4 aromatic rings. The van der Waals surface area contributed by atoms with Crippen LogP contribution in [0, 0.1) is 5.82 Å². The number of amides is 2. The van der Waals surface area contributed by atoms with Crippen molar-refractivity contribution >= 4 is 44.2 Å². The first-order valence-corrected chi connectivity index (χ1v) is 13.0. The molecule has 0 saturated heterocycles. The zero-order valence-corrected chi connectivity index (χ0v) is 22.5. The first-order valence-electron chi connectivity index (χ1n) is 12.2. The zero-order valence-electron chi connectivity index (χ0n) is 20.9. The maximum atomic E-state index is 13.4. The number of benzene rings is 3. The van der Waals surface area contributed by atoms with Gasteiger partial charge in [-0.1, -0.05) is 34.1 Å². The van der Waals surface area contributed by atoms with Crippen molar-refractivity contribution in [1.29, 1.82) is 0 Å². The molecule has 0 aliphatic rings. The fraction of sp³-hybridized carbons (Fsp3) is 0.241. The van der Waals surface area contributed by atoms with Crippen molar-refractivity contribution in [2.75, 3.05) is 24.3 Å².